The molecule has 0 fully saturated rings. The summed E-state index contributed by atoms with van der Waals surface area (Å²) < 4.78 is 5.48. The fourth-order valence-electron chi connectivity index (χ4n) is 9.64. The Morgan fingerprint density at radius 3 is 1.07 bits per heavy atom. The molecule has 0 aromatic carbocycles. The number of hydrogen-bond donors (Lipinski definition) is 3. The molecule has 398 valence electrons. The van der Waals surface area contributed by atoms with Crippen LogP contribution >= 0.6 is 0 Å². The number of rotatable bonds is 57. The van der Waals surface area contributed by atoms with E-state index in [1.54, 1.807) is 0 Å². The van der Waals surface area contributed by atoms with Crippen LogP contribution in [0.2, 0.25) is 0 Å². The van der Waals surface area contributed by atoms with Crippen molar-refractivity contribution in [2.75, 3.05) is 13.2 Å². The molecule has 0 radical (unpaired) electrons. The van der Waals surface area contributed by atoms with Gasteiger partial charge in [-0.1, -0.05) is 289 Å². The lowest BCUT2D eigenvalue weighted by atomic mass is 10.0. The highest BCUT2D eigenvalue weighted by molar-refractivity contribution is 5.76. The maximum absolute atomic E-state index is 12.5. The van der Waals surface area contributed by atoms with E-state index < -0.39 is 12.1 Å². The van der Waals surface area contributed by atoms with Crippen molar-refractivity contribution < 1.29 is 24.5 Å². The second kappa shape index (κ2) is 57.2. The van der Waals surface area contributed by atoms with Gasteiger partial charge in [-0.05, 0) is 51.4 Å². The maximum atomic E-state index is 12.5. The van der Waals surface area contributed by atoms with E-state index in [1.807, 2.05) is 0 Å². The van der Waals surface area contributed by atoms with E-state index >= 15 is 0 Å². The molecular formula is C61H119NO5. The molecule has 0 aromatic heterocycles. The van der Waals surface area contributed by atoms with Crippen LogP contribution in [-0.2, 0) is 14.3 Å². The highest BCUT2D eigenvalue weighted by atomic mass is 16.5. The first-order chi connectivity index (χ1) is 33.0. The molecule has 6 nitrogen and oxygen atoms in total. The van der Waals surface area contributed by atoms with Crippen LogP contribution in [0.1, 0.15) is 341 Å². The lowest BCUT2D eigenvalue weighted by Crippen LogP contribution is -2.45. The Kier molecular flexibility index (Phi) is 56.0. The Bertz CT molecular complexity index is 1000. The maximum Gasteiger partial charge on any atom is 0.305 e. The lowest BCUT2D eigenvalue weighted by molar-refractivity contribution is -0.143. The van der Waals surface area contributed by atoms with Gasteiger partial charge in [0.1, 0.15) is 0 Å². The number of carbonyl (C=O) groups is 2. The Morgan fingerprint density at radius 1 is 0.403 bits per heavy atom. The number of nitrogens with one attached hydrogen (secondary N) is 1. The van der Waals surface area contributed by atoms with E-state index in [4.69, 9.17) is 4.74 Å². The molecule has 67 heavy (non-hydrogen) atoms. The van der Waals surface area contributed by atoms with Crippen LogP contribution in [-0.4, -0.2) is 47.4 Å². The molecule has 0 saturated carbocycles. The second-order valence-electron chi connectivity index (χ2n) is 21.0. The van der Waals surface area contributed by atoms with Gasteiger partial charge >= 0.3 is 5.97 Å². The highest BCUT2D eigenvalue weighted by Crippen LogP contribution is 2.18. The first kappa shape index (κ1) is 65.6. The zero-order chi connectivity index (χ0) is 48.6. The third-order valence-corrected chi connectivity index (χ3v) is 14.3. The first-order valence-corrected chi connectivity index (χ1v) is 30.4. The summed E-state index contributed by atoms with van der Waals surface area (Å²) in [6.07, 6.45) is 67.8. The van der Waals surface area contributed by atoms with Gasteiger partial charge in [-0.25, -0.2) is 0 Å². The zero-order valence-corrected chi connectivity index (χ0v) is 45.4. The minimum atomic E-state index is -0.681. The number of amides is 1. The van der Waals surface area contributed by atoms with Crippen molar-refractivity contribution in [2.24, 2.45) is 0 Å². The van der Waals surface area contributed by atoms with Gasteiger partial charge in [0, 0.05) is 12.8 Å². The largest absolute Gasteiger partial charge is 0.466 e. The molecule has 0 aliphatic rings. The normalized spacial score (nSPS) is 12.6. The molecule has 0 saturated heterocycles. The van der Waals surface area contributed by atoms with Crippen LogP contribution in [0.3, 0.4) is 0 Å². The molecule has 1 amide bonds. The summed E-state index contributed by atoms with van der Waals surface area (Å²) in [6, 6.07) is -0.562. The zero-order valence-electron chi connectivity index (χ0n) is 45.4. The first-order valence-electron chi connectivity index (χ1n) is 30.4. The predicted octanol–water partition coefficient (Wildman–Crippen LogP) is 18.9. The van der Waals surface area contributed by atoms with Crippen molar-refractivity contribution in [1.82, 2.24) is 5.32 Å². The molecule has 0 bridgehead atoms. The van der Waals surface area contributed by atoms with Crippen molar-refractivity contribution >= 4 is 11.9 Å². The smallest absolute Gasteiger partial charge is 0.305 e. The van der Waals surface area contributed by atoms with Gasteiger partial charge in [0.2, 0.25) is 5.91 Å². The molecule has 0 heterocycles. The van der Waals surface area contributed by atoms with Crippen LogP contribution in [0.5, 0.6) is 0 Å². The number of aliphatic hydroxyl groups is 2. The molecule has 0 aromatic rings. The van der Waals surface area contributed by atoms with E-state index in [9.17, 15) is 19.8 Å². The summed E-state index contributed by atoms with van der Waals surface area (Å²) in [4.78, 5) is 24.6. The standard InChI is InChI=1S/C61H119NO5/c1-3-5-7-9-11-13-15-17-19-21-22-23-24-25-26-29-33-37-41-45-49-53-59(64)58(57-63)62-60(65)54-50-46-42-38-34-30-28-32-36-40-44-48-52-56-67-61(66)55-51-47-43-39-35-31-27-20-18-16-14-12-10-8-6-4-2/h30,34,58-59,63-64H,3-29,31-33,35-57H2,1-2H3,(H,62,65)/b34-30-. The number of hydrogen-bond acceptors (Lipinski definition) is 5. The Balaban J connectivity index is 3.47. The summed E-state index contributed by atoms with van der Waals surface area (Å²) in [7, 11) is 0. The van der Waals surface area contributed by atoms with Gasteiger partial charge in [0.15, 0.2) is 0 Å². The van der Waals surface area contributed by atoms with Crippen molar-refractivity contribution in [3.05, 3.63) is 12.2 Å². The van der Waals surface area contributed by atoms with Crippen LogP contribution in [0.25, 0.3) is 0 Å². The van der Waals surface area contributed by atoms with Gasteiger partial charge in [-0.15, -0.1) is 0 Å². The topological polar surface area (TPSA) is 95.9 Å². The van der Waals surface area contributed by atoms with Crippen LogP contribution in [0.4, 0.5) is 0 Å². The molecule has 2 unspecified atom stereocenters. The lowest BCUT2D eigenvalue weighted by Gasteiger charge is -2.22. The van der Waals surface area contributed by atoms with Crippen LogP contribution in [0, 0.1) is 0 Å². The van der Waals surface area contributed by atoms with Crippen LogP contribution < -0.4 is 5.32 Å². The minimum absolute atomic E-state index is 0.00802. The third kappa shape index (κ3) is 53.8. The molecule has 0 aliphatic heterocycles. The monoisotopic (exact) mass is 946 g/mol. The number of esters is 1. The van der Waals surface area contributed by atoms with E-state index in [0.717, 1.165) is 70.6 Å². The van der Waals surface area contributed by atoms with Gasteiger partial charge in [-0.2, -0.15) is 0 Å². The summed E-state index contributed by atoms with van der Waals surface area (Å²) >= 11 is 0. The van der Waals surface area contributed by atoms with Crippen LogP contribution in [0.15, 0.2) is 12.2 Å². The Morgan fingerprint density at radius 2 is 0.701 bits per heavy atom. The van der Waals surface area contributed by atoms with E-state index in [0.29, 0.717) is 25.9 Å². The molecule has 0 rings (SSSR count). The van der Waals surface area contributed by atoms with Crippen molar-refractivity contribution in [1.29, 1.82) is 0 Å². The third-order valence-electron chi connectivity index (χ3n) is 14.3. The quantitative estimate of drug-likeness (QED) is 0.0321. The minimum Gasteiger partial charge on any atom is -0.466 e. The highest BCUT2D eigenvalue weighted by Gasteiger charge is 2.20. The number of allylic oxidation sites excluding steroid dienone is 2. The second-order valence-corrected chi connectivity index (χ2v) is 21.0. The number of aliphatic hydroxyl groups excluding tert-OH is 2. The number of ether oxygens (including phenoxy) is 1. The fourth-order valence-corrected chi connectivity index (χ4v) is 9.64. The predicted molar refractivity (Wildman–Crippen MR) is 292 cm³/mol. The molecule has 3 N–H and O–H groups in total. The summed E-state index contributed by atoms with van der Waals surface area (Å²) in [5.41, 5.74) is 0. The summed E-state index contributed by atoms with van der Waals surface area (Å²) in [6.45, 7) is 4.94. The van der Waals surface area contributed by atoms with Crippen molar-refractivity contribution in [2.45, 2.75) is 353 Å². The fraction of sp³-hybridized carbons (Fsp3) is 0.934. The van der Waals surface area contributed by atoms with E-state index in [2.05, 4.69) is 31.3 Å². The molecule has 0 spiro atoms. The number of carbonyl (C=O) groups excluding carboxylic acids is 2. The summed E-state index contributed by atoms with van der Waals surface area (Å²) in [5, 5.41) is 23.3. The average molecular weight is 947 g/mol. The van der Waals surface area contributed by atoms with Gasteiger partial charge in [0.25, 0.3) is 0 Å². The number of unbranched alkanes of at least 4 members (excludes halogenated alkanes) is 44. The van der Waals surface area contributed by atoms with Crippen molar-refractivity contribution in [3.8, 4) is 0 Å². The summed E-state index contributed by atoms with van der Waals surface area (Å²) in [5.74, 6) is -0.0689. The van der Waals surface area contributed by atoms with Gasteiger partial charge < -0.3 is 20.3 Å². The average Bonchev–Trinajstić information content (AvgIpc) is 3.33. The molecule has 6 heteroatoms. The van der Waals surface area contributed by atoms with Crippen molar-refractivity contribution in [3.63, 3.8) is 0 Å². The van der Waals surface area contributed by atoms with E-state index in [1.165, 1.54) is 238 Å². The van der Waals surface area contributed by atoms with E-state index in [-0.39, 0.29) is 18.5 Å². The molecular weight excluding hydrogens is 827 g/mol. The SMILES string of the molecule is CCCCCCCCCCCCCCCCCCCCCCCC(O)C(CO)NC(=O)CCCCC/C=C\CCCCCCCCOC(=O)CCCCCCCCCCCCCCCCCC. The Labute approximate surface area is 419 Å². The van der Waals surface area contributed by atoms with Gasteiger partial charge in [0.05, 0.1) is 25.4 Å². The van der Waals surface area contributed by atoms with Gasteiger partial charge in [-0.3, -0.25) is 9.59 Å². The molecule has 0 aliphatic carbocycles. The molecule has 2 atom stereocenters. The Hall–Kier alpha value is -1.40.